The molecule has 0 aromatic heterocycles. The molecule has 0 bridgehead atoms. The van der Waals surface area contributed by atoms with Crippen molar-refractivity contribution in [1.82, 2.24) is 10.2 Å². The summed E-state index contributed by atoms with van der Waals surface area (Å²) in [7, 11) is 0. The van der Waals surface area contributed by atoms with Gasteiger partial charge in [-0.2, -0.15) is 0 Å². The van der Waals surface area contributed by atoms with Crippen LogP contribution in [-0.2, 0) is 0 Å². The fraction of sp³-hybridized carbons (Fsp3) is 0.611. The molecule has 1 aliphatic rings. The molecule has 1 saturated heterocycles. The molecule has 0 unspecified atom stereocenters. The molecule has 128 valence electrons. The molecular formula is C18H28ClN3S. The number of aryl methyl sites for hydroxylation is 2. The van der Waals surface area contributed by atoms with Crippen LogP contribution in [0.4, 0.5) is 5.69 Å². The highest BCUT2D eigenvalue weighted by Crippen LogP contribution is 2.27. The van der Waals surface area contributed by atoms with Crippen molar-refractivity contribution in [1.29, 1.82) is 0 Å². The van der Waals surface area contributed by atoms with E-state index in [1.807, 2.05) is 19.9 Å². The van der Waals surface area contributed by atoms with Gasteiger partial charge >= 0.3 is 0 Å². The van der Waals surface area contributed by atoms with Gasteiger partial charge in [0.1, 0.15) is 0 Å². The SMILES string of the molecule is Cc1cc(C)c(NC(=S)NCCCN2CCCC[C@H]2C)c(Cl)c1. The van der Waals surface area contributed by atoms with Crippen molar-refractivity contribution in [2.75, 3.05) is 25.0 Å². The number of anilines is 1. The quantitative estimate of drug-likeness (QED) is 0.601. The van der Waals surface area contributed by atoms with E-state index in [0.717, 1.165) is 42.4 Å². The van der Waals surface area contributed by atoms with Crippen molar-refractivity contribution in [2.45, 2.75) is 52.5 Å². The molecule has 1 aliphatic heterocycles. The van der Waals surface area contributed by atoms with Crippen LogP contribution in [0, 0.1) is 13.8 Å². The van der Waals surface area contributed by atoms with Crippen LogP contribution in [0.25, 0.3) is 0 Å². The van der Waals surface area contributed by atoms with Gasteiger partial charge in [-0.15, -0.1) is 0 Å². The van der Waals surface area contributed by atoms with E-state index in [-0.39, 0.29) is 0 Å². The number of halogens is 1. The van der Waals surface area contributed by atoms with E-state index in [4.69, 9.17) is 23.8 Å². The highest BCUT2D eigenvalue weighted by molar-refractivity contribution is 7.80. The van der Waals surface area contributed by atoms with Crippen LogP contribution in [0.3, 0.4) is 0 Å². The first kappa shape index (κ1) is 18.5. The summed E-state index contributed by atoms with van der Waals surface area (Å²) in [5, 5.41) is 7.88. The van der Waals surface area contributed by atoms with Crippen molar-refractivity contribution < 1.29 is 0 Å². The van der Waals surface area contributed by atoms with Crippen molar-refractivity contribution >= 4 is 34.6 Å². The van der Waals surface area contributed by atoms with Gasteiger partial charge in [-0.25, -0.2) is 0 Å². The summed E-state index contributed by atoms with van der Waals surface area (Å²) < 4.78 is 0. The maximum atomic E-state index is 6.30. The Morgan fingerprint density at radius 2 is 2.13 bits per heavy atom. The molecule has 1 aromatic carbocycles. The third-order valence-electron chi connectivity index (χ3n) is 4.52. The lowest BCUT2D eigenvalue weighted by Gasteiger charge is -2.33. The average Bonchev–Trinajstić information content (AvgIpc) is 2.49. The molecule has 2 N–H and O–H groups in total. The van der Waals surface area contributed by atoms with E-state index in [9.17, 15) is 0 Å². The van der Waals surface area contributed by atoms with Crippen molar-refractivity contribution in [3.63, 3.8) is 0 Å². The second-order valence-electron chi connectivity index (χ2n) is 6.55. The van der Waals surface area contributed by atoms with Crippen LogP contribution in [0.15, 0.2) is 12.1 Å². The zero-order valence-corrected chi connectivity index (χ0v) is 16.0. The largest absolute Gasteiger partial charge is 0.362 e. The zero-order valence-electron chi connectivity index (χ0n) is 14.4. The van der Waals surface area contributed by atoms with Gasteiger partial charge in [0.2, 0.25) is 0 Å². The number of nitrogens with zero attached hydrogens (tertiary/aromatic N) is 1. The normalized spacial score (nSPS) is 18.7. The summed E-state index contributed by atoms with van der Waals surface area (Å²) >= 11 is 11.7. The number of thiocarbonyl (C=S) groups is 1. The first-order valence-electron chi connectivity index (χ1n) is 8.53. The van der Waals surface area contributed by atoms with E-state index in [1.54, 1.807) is 0 Å². The fourth-order valence-electron chi connectivity index (χ4n) is 3.21. The van der Waals surface area contributed by atoms with Gasteiger partial charge in [-0.1, -0.05) is 24.1 Å². The minimum atomic E-state index is 0.644. The summed E-state index contributed by atoms with van der Waals surface area (Å²) in [6.45, 7) is 9.68. The number of hydrogen-bond acceptors (Lipinski definition) is 2. The smallest absolute Gasteiger partial charge is 0.170 e. The minimum Gasteiger partial charge on any atom is -0.362 e. The number of piperidine rings is 1. The molecule has 0 amide bonds. The van der Waals surface area contributed by atoms with Gasteiger partial charge in [-0.3, -0.25) is 0 Å². The molecular weight excluding hydrogens is 326 g/mol. The Morgan fingerprint density at radius 1 is 1.35 bits per heavy atom. The molecule has 5 heteroatoms. The summed E-state index contributed by atoms with van der Waals surface area (Å²) in [6.07, 6.45) is 5.15. The molecule has 0 radical (unpaired) electrons. The van der Waals surface area contributed by atoms with Crippen LogP contribution in [0.1, 0.15) is 43.7 Å². The predicted molar refractivity (Wildman–Crippen MR) is 105 cm³/mol. The highest BCUT2D eigenvalue weighted by atomic mass is 35.5. The van der Waals surface area contributed by atoms with E-state index >= 15 is 0 Å². The molecule has 0 spiro atoms. The fourth-order valence-corrected chi connectivity index (χ4v) is 3.78. The van der Waals surface area contributed by atoms with Gasteiger partial charge in [0.25, 0.3) is 0 Å². The van der Waals surface area contributed by atoms with Gasteiger partial charge < -0.3 is 15.5 Å². The number of likely N-dealkylation sites (tertiary alicyclic amines) is 1. The summed E-state index contributed by atoms with van der Waals surface area (Å²) in [5.74, 6) is 0. The highest BCUT2D eigenvalue weighted by Gasteiger charge is 2.17. The summed E-state index contributed by atoms with van der Waals surface area (Å²) in [6, 6.07) is 4.79. The van der Waals surface area contributed by atoms with Crippen molar-refractivity contribution in [3.8, 4) is 0 Å². The molecule has 2 rings (SSSR count). The van der Waals surface area contributed by atoms with Crippen molar-refractivity contribution in [2.24, 2.45) is 0 Å². The molecule has 1 atom stereocenters. The first-order chi connectivity index (χ1) is 11.0. The Bertz CT molecular complexity index is 524. The van der Waals surface area contributed by atoms with E-state index < -0.39 is 0 Å². The molecule has 23 heavy (non-hydrogen) atoms. The number of nitrogens with one attached hydrogen (secondary N) is 2. The molecule has 1 aromatic rings. The molecule has 0 aliphatic carbocycles. The van der Waals surface area contributed by atoms with Crippen LogP contribution in [-0.4, -0.2) is 35.7 Å². The zero-order chi connectivity index (χ0) is 16.8. The Hall–Kier alpha value is -0.840. The van der Waals surface area contributed by atoms with Crippen LogP contribution < -0.4 is 10.6 Å². The third kappa shape index (κ3) is 5.63. The molecule has 0 saturated carbocycles. The second-order valence-corrected chi connectivity index (χ2v) is 7.37. The van der Waals surface area contributed by atoms with Gasteiger partial charge in [0.15, 0.2) is 5.11 Å². The van der Waals surface area contributed by atoms with Gasteiger partial charge in [0, 0.05) is 19.1 Å². The van der Waals surface area contributed by atoms with E-state index in [0.29, 0.717) is 10.1 Å². The number of hydrogen-bond donors (Lipinski definition) is 2. The number of benzene rings is 1. The third-order valence-corrected chi connectivity index (χ3v) is 5.06. The standard InChI is InChI=1S/C18H28ClN3S/c1-13-11-14(2)17(16(19)12-13)21-18(23)20-8-6-10-22-9-5-4-7-15(22)3/h11-12,15H,4-10H2,1-3H3,(H2,20,21,23)/t15-/m1/s1. The van der Waals surface area contributed by atoms with Gasteiger partial charge in [-0.05, 0) is 76.0 Å². The maximum Gasteiger partial charge on any atom is 0.170 e. The van der Waals surface area contributed by atoms with E-state index in [2.05, 4.69) is 28.5 Å². The van der Waals surface area contributed by atoms with Crippen LogP contribution in [0.5, 0.6) is 0 Å². The Morgan fingerprint density at radius 3 is 2.83 bits per heavy atom. The van der Waals surface area contributed by atoms with Crippen LogP contribution >= 0.6 is 23.8 Å². The maximum absolute atomic E-state index is 6.30. The molecule has 1 heterocycles. The Kier molecular flexibility index (Phi) is 7.12. The van der Waals surface area contributed by atoms with Gasteiger partial charge in [0.05, 0.1) is 10.7 Å². The lowest BCUT2D eigenvalue weighted by atomic mass is 10.0. The summed E-state index contributed by atoms with van der Waals surface area (Å²) in [5.41, 5.74) is 3.17. The Labute approximate surface area is 150 Å². The summed E-state index contributed by atoms with van der Waals surface area (Å²) in [4.78, 5) is 2.59. The Balaban J connectivity index is 1.73. The first-order valence-corrected chi connectivity index (χ1v) is 9.31. The topological polar surface area (TPSA) is 27.3 Å². The number of rotatable bonds is 5. The lowest BCUT2D eigenvalue weighted by molar-refractivity contribution is 0.159. The van der Waals surface area contributed by atoms with Crippen LogP contribution in [0.2, 0.25) is 5.02 Å². The van der Waals surface area contributed by atoms with Crippen molar-refractivity contribution in [3.05, 3.63) is 28.3 Å². The monoisotopic (exact) mass is 353 g/mol. The lowest BCUT2D eigenvalue weighted by Crippen LogP contribution is -2.39. The molecule has 1 fully saturated rings. The molecule has 3 nitrogen and oxygen atoms in total. The average molecular weight is 354 g/mol. The second kappa shape index (κ2) is 8.86. The minimum absolute atomic E-state index is 0.644. The predicted octanol–water partition coefficient (Wildman–Crippen LogP) is 4.51. The van der Waals surface area contributed by atoms with E-state index in [1.165, 1.54) is 25.8 Å².